The van der Waals surface area contributed by atoms with Crippen molar-refractivity contribution in [3.05, 3.63) is 48.5 Å². The van der Waals surface area contributed by atoms with E-state index >= 15 is 0 Å². The van der Waals surface area contributed by atoms with Crippen molar-refractivity contribution < 1.29 is 43.9 Å². The minimum Gasteiger partial charge on any atom is -0.433 e. The van der Waals surface area contributed by atoms with Crippen LogP contribution in [0.1, 0.15) is 0 Å². The maximum absolute atomic E-state index is 12.9. The maximum atomic E-state index is 12.9. The molecule has 9 nitrogen and oxygen atoms in total. The number of sulfonamides is 2. The molecule has 0 amide bonds. The average Bonchev–Trinajstić information content (AvgIpc) is 2.60. The fraction of sp³-hybridized carbons (Fsp3) is 0.133. The lowest BCUT2D eigenvalue weighted by Gasteiger charge is -2.24. The van der Waals surface area contributed by atoms with Gasteiger partial charge in [0.05, 0.1) is 0 Å². The lowest BCUT2D eigenvalue weighted by molar-refractivity contribution is -0.0524. The molecule has 0 spiro atoms. The van der Waals surface area contributed by atoms with Crippen molar-refractivity contribution in [3.63, 3.8) is 0 Å². The Kier molecular flexibility index (Phi) is 6.77. The van der Waals surface area contributed by atoms with Crippen molar-refractivity contribution in [3.8, 4) is 11.5 Å². The summed E-state index contributed by atoms with van der Waals surface area (Å²) in [4.78, 5) is -2.12. The van der Waals surface area contributed by atoms with Crippen LogP contribution >= 0.6 is 0 Å². The third-order valence-corrected chi connectivity index (χ3v) is 7.55. The largest absolute Gasteiger partial charge is 0.433 e. The number of ether oxygens (including phenoxy) is 2. The molecular weight excluding hydrogens is 458 g/mol. The predicted octanol–water partition coefficient (Wildman–Crippen LogP) is 2.16. The summed E-state index contributed by atoms with van der Waals surface area (Å²) in [5, 5.41) is 7.45. The van der Waals surface area contributed by atoms with Crippen LogP contribution in [-0.4, -0.2) is 39.7 Å². The molecule has 0 heterocycles. The Balaban J connectivity index is 2.71. The van der Waals surface area contributed by atoms with E-state index in [0.717, 1.165) is 48.5 Å². The highest BCUT2D eigenvalue weighted by atomic mass is 32.3. The summed E-state index contributed by atoms with van der Waals surface area (Å²) in [5.41, 5.74) is 5.16. The van der Waals surface area contributed by atoms with Crippen LogP contribution in [0, 0.1) is 5.41 Å². The van der Waals surface area contributed by atoms with Gasteiger partial charge >= 0.3 is 13.2 Å². The minimum atomic E-state index is -5.33. The normalized spacial score (nSPS) is 12.1. The van der Waals surface area contributed by atoms with Gasteiger partial charge in [0.1, 0.15) is 21.3 Å². The molecule has 15 heteroatoms. The standard InChI is InChI=1S/C15H13F4N3O6S2/c16-13(17)27-9-5-1-3-7-11(9)29(23,24)22(15(20)21)30(25,26)12-8-4-2-6-10(12)28-14(18)19/h1-8,13-14H,(H3,20,21). The number of halogens is 4. The summed E-state index contributed by atoms with van der Waals surface area (Å²) < 4.78 is 110. The van der Waals surface area contributed by atoms with Gasteiger partial charge in [0.25, 0.3) is 20.0 Å². The number of guanidine groups is 1. The van der Waals surface area contributed by atoms with Gasteiger partial charge in [-0.1, -0.05) is 24.3 Å². The maximum Gasteiger partial charge on any atom is 0.387 e. The van der Waals surface area contributed by atoms with Gasteiger partial charge < -0.3 is 15.2 Å². The summed E-state index contributed by atoms with van der Waals surface area (Å²) in [6.45, 7) is -6.91. The fourth-order valence-electron chi connectivity index (χ4n) is 2.28. The SMILES string of the molecule is N=C(N)N(S(=O)(=O)c1ccccc1OC(F)F)S(=O)(=O)c1ccccc1OC(F)F. The number of alkyl halides is 4. The van der Waals surface area contributed by atoms with Crippen LogP contribution in [0.4, 0.5) is 17.6 Å². The smallest absolute Gasteiger partial charge is 0.387 e. The number of rotatable bonds is 8. The molecular formula is C15H13F4N3O6S2. The second kappa shape index (κ2) is 8.74. The summed E-state index contributed by atoms with van der Waals surface area (Å²) in [5.74, 6) is -3.41. The Morgan fingerprint density at radius 3 is 1.43 bits per heavy atom. The van der Waals surface area contributed by atoms with E-state index in [1.54, 1.807) is 0 Å². The van der Waals surface area contributed by atoms with Crippen molar-refractivity contribution in [1.82, 2.24) is 3.71 Å². The first-order chi connectivity index (χ1) is 13.9. The molecule has 0 bridgehead atoms. The van der Waals surface area contributed by atoms with Crippen molar-refractivity contribution >= 4 is 26.0 Å². The molecule has 2 rings (SSSR count). The number of nitrogens with one attached hydrogen (secondary N) is 1. The van der Waals surface area contributed by atoms with E-state index in [9.17, 15) is 34.4 Å². The highest BCUT2D eigenvalue weighted by Crippen LogP contribution is 2.34. The van der Waals surface area contributed by atoms with E-state index in [4.69, 9.17) is 11.1 Å². The molecule has 0 radical (unpaired) electrons. The zero-order valence-corrected chi connectivity index (χ0v) is 16.2. The highest BCUT2D eigenvalue weighted by Gasteiger charge is 2.41. The first-order valence-electron chi connectivity index (χ1n) is 7.61. The minimum absolute atomic E-state index is 0.610. The van der Waals surface area contributed by atoms with Crippen LogP contribution in [0.3, 0.4) is 0 Å². The summed E-state index contributed by atoms with van der Waals surface area (Å²) >= 11 is 0. The number of hydrogen-bond acceptors (Lipinski definition) is 7. The van der Waals surface area contributed by atoms with Crippen LogP contribution in [0.25, 0.3) is 0 Å². The van der Waals surface area contributed by atoms with E-state index in [-0.39, 0.29) is 0 Å². The number of nitrogens with zero attached hydrogens (tertiary/aromatic N) is 1. The second-order valence-electron chi connectivity index (χ2n) is 5.24. The first-order valence-corrected chi connectivity index (χ1v) is 10.5. The Morgan fingerprint density at radius 2 is 1.13 bits per heavy atom. The summed E-state index contributed by atoms with van der Waals surface area (Å²) in [6.07, 6.45) is 0. The quantitative estimate of drug-likeness (QED) is 0.342. The molecule has 0 atom stereocenters. The number of benzene rings is 2. The summed E-state index contributed by atoms with van der Waals surface area (Å²) in [6, 6.07) is 7.52. The zero-order valence-electron chi connectivity index (χ0n) is 14.6. The van der Waals surface area contributed by atoms with Gasteiger partial charge in [0, 0.05) is 0 Å². The van der Waals surface area contributed by atoms with Gasteiger partial charge in [0.15, 0.2) is 0 Å². The molecule has 3 N–H and O–H groups in total. The van der Waals surface area contributed by atoms with Gasteiger partial charge in [-0.05, 0) is 24.3 Å². The second-order valence-corrected chi connectivity index (χ2v) is 8.98. The number of hydrogen-bond donors (Lipinski definition) is 2. The van der Waals surface area contributed by atoms with Crippen LogP contribution in [0.15, 0.2) is 58.3 Å². The first kappa shape index (κ1) is 23.2. The van der Waals surface area contributed by atoms with Crippen molar-refractivity contribution in [2.45, 2.75) is 23.0 Å². The monoisotopic (exact) mass is 471 g/mol. The topological polar surface area (TPSA) is 140 Å². The van der Waals surface area contributed by atoms with Gasteiger partial charge in [0.2, 0.25) is 5.96 Å². The Hall–Kier alpha value is -3.07. The lowest BCUT2D eigenvalue weighted by Crippen LogP contribution is -2.45. The number of nitrogens with two attached hydrogens (primary N) is 1. The Morgan fingerprint density at radius 1 is 0.800 bits per heavy atom. The van der Waals surface area contributed by atoms with Crippen molar-refractivity contribution in [1.29, 1.82) is 5.41 Å². The van der Waals surface area contributed by atoms with Gasteiger partial charge in [-0.2, -0.15) is 34.4 Å². The van der Waals surface area contributed by atoms with E-state index in [1.165, 1.54) is 0 Å². The number of para-hydroxylation sites is 2. The Bertz CT molecular complexity index is 1060. The molecule has 0 fully saturated rings. The molecule has 0 aliphatic heterocycles. The van der Waals surface area contributed by atoms with E-state index in [1.807, 2.05) is 0 Å². The van der Waals surface area contributed by atoms with E-state index < -0.39 is 64.2 Å². The lowest BCUT2D eigenvalue weighted by atomic mass is 10.3. The molecule has 0 saturated carbocycles. The van der Waals surface area contributed by atoms with Crippen LogP contribution in [0.5, 0.6) is 11.5 Å². The predicted molar refractivity (Wildman–Crippen MR) is 94.3 cm³/mol. The molecule has 0 saturated heterocycles. The fourth-order valence-corrected chi connectivity index (χ4v) is 5.91. The highest BCUT2D eigenvalue weighted by molar-refractivity contribution is 8.05. The molecule has 0 unspecified atom stereocenters. The van der Waals surface area contributed by atoms with Gasteiger partial charge in [-0.3, -0.25) is 5.41 Å². The molecule has 164 valence electrons. The van der Waals surface area contributed by atoms with Gasteiger partial charge in [-0.25, -0.2) is 0 Å². The third kappa shape index (κ3) is 4.73. The molecule has 0 aliphatic rings. The van der Waals surface area contributed by atoms with E-state index in [0.29, 0.717) is 0 Å². The van der Waals surface area contributed by atoms with Crippen LogP contribution in [-0.2, 0) is 20.0 Å². The molecule has 2 aromatic carbocycles. The van der Waals surface area contributed by atoms with Gasteiger partial charge in [-0.15, -0.1) is 3.71 Å². The third-order valence-electron chi connectivity index (χ3n) is 3.32. The molecule has 0 aromatic heterocycles. The molecule has 30 heavy (non-hydrogen) atoms. The van der Waals surface area contributed by atoms with Crippen molar-refractivity contribution in [2.24, 2.45) is 5.73 Å². The van der Waals surface area contributed by atoms with Crippen LogP contribution in [0.2, 0.25) is 0 Å². The van der Waals surface area contributed by atoms with Crippen LogP contribution < -0.4 is 15.2 Å². The van der Waals surface area contributed by atoms with E-state index in [2.05, 4.69) is 9.47 Å². The van der Waals surface area contributed by atoms with Crippen molar-refractivity contribution in [2.75, 3.05) is 0 Å². The summed E-state index contributed by atoms with van der Waals surface area (Å²) in [7, 11) is -10.7. The molecule has 0 aliphatic carbocycles. The Labute approximate surface area is 168 Å². The molecule has 2 aromatic rings. The zero-order chi connectivity index (χ0) is 22.7. The average molecular weight is 471 g/mol.